The zero-order valence-electron chi connectivity index (χ0n) is 10.1. The van der Waals surface area contributed by atoms with Crippen molar-refractivity contribution >= 4 is 0 Å². The lowest BCUT2D eigenvalue weighted by molar-refractivity contribution is -0.940. The van der Waals surface area contributed by atoms with Gasteiger partial charge in [0.1, 0.15) is 6.54 Å². The third-order valence-electron chi connectivity index (χ3n) is 2.61. The average Bonchev–Trinajstić information content (AvgIpc) is 2.19. The Morgan fingerprint density at radius 2 is 1.87 bits per heavy atom. The van der Waals surface area contributed by atoms with Gasteiger partial charge in [-0.1, -0.05) is 37.3 Å². The van der Waals surface area contributed by atoms with Crippen LogP contribution in [0, 0.1) is 0 Å². The first-order chi connectivity index (χ1) is 7.20. The van der Waals surface area contributed by atoms with E-state index in [1.807, 2.05) is 0 Å². The van der Waals surface area contributed by atoms with Crippen molar-refractivity contribution in [1.82, 2.24) is 0 Å². The SMILES string of the molecule is CCC[N+](C)(COC)Cc1ccccc1. The highest BCUT2D eigenvalue weighted by Crippen LogP contribution is 2.12. The fraction of sp³-hybridized carbons (Fsp3) is 0.538. The van der Waals surface area contributed by atoms with Crippen molar-refractivity contribution in [1.29, 1.82) is 0 Å². The molecule has 0 aromatic heterocycles. The molecule has 0 fully saturated rings. The first kappa shape index (κ1) is 12.2. The van der Waals surface area contributed by atoms with Crippen molar-refractivity contribution in [2.24, 2.45) is 0 Å². The third-order valence-corrected chi connectivity index (χ3v) is 2.61. The van der Waals surface area contributed by atoms with Gasteiger partial charge < -0.3 is 4.74 Å². The summed E-state index contributed by atoms with van der Waals surface area (Å²) in [4.78, 5) is 0. The summed E-state index contributed by atoms with van der Waals surface area (Å²) < 4.78 is 6.26. The van der Waals surface area contributed by atoms with Crippen LogP contribution >= 0.6 is 0 Å². The maximum absolute atomic E-state index is 5.30. The minimum atomic E-state index is 0.780. The number of ether oxygens (including phenoxy) is 1. The zero-order valence-corrected chi connectivity index (χ0v) is 10.1. The lowest BCUT2D eigenvalue weighted by Crippen LogP contribution is -2.45. The average molecular weight is 208 g/mol. The zero-order chi connectivity index (χ0) is 11.1. The summed E-state index contributed by atoms with van der Waals surface area (Å²) in [5.41, 5.74) is 1.38. The normalized spacial score (nSPS) is 14.9. The molecule has 0 aliphatic heterocycles. The van der Waals surface area contributed by atoms with Crippen LogP contribution in [0.3, 0.4) is 0 Å². The Bertz CT molecular complexity index is 265. The van der Waals surface area contributed by atoms with Crippen molar-refractivity contribution in [2.45, 2.75) is 19.9 Å². The molecule has 1 aromatic rings. The lowest BCUT2D eigenvalue weighted by Gasteiger charge is -2.33. The molecule has 0 aliphatic carbocycles. The highest BCUT2D eigenvalue weighted by atomic mass is 16.5. The molecule has 0 N–H and O–H groups in total. The molecule has 0 spiro atoms. The molecule has 2 heteroatoms. The van der Waals surface area contributed by atoms with Gasteiger partial charge in [0.2, 0.25) is 0 Å². The van der Waals surface area contributed by atoms with E-state index in [4.69, 9.17) is 4.74 Å². The van der Waals surface area contributed by atoms with Crippen LogP contribution in [-0.2, 0) is 11.3 Å². The minimum Gasteiger partial charge on any atom is -0.335 e. The Morgan fingerprint density at radius 1 is 1.20 bits per heavy atom. The van der Waals surface area contributed by atoms with Gasteiger partial charge >= 0.3 is 0 Å². The van der Waals surface area contributed by atoms with Crippen molar-refractivity contribution < 1.29 is 9.22 Å². The number of quaternary nitrogens is 1. The Labute approximate surface area is 93.1 Å². The predicted octanol–water partition coefficient (Wildman–Crippen LogP) is 2.65. The predicted molar refractivity (Wildman–Crippen MR) is 63.4 cm³/mol. The summed E-state index contributed by atoms with van der Waals surface area (Å²) in [5, 5.41) is 0. The molecule has 1 aromatic carbocycles. The van der Waals surface area contributed by atoms with E-state index >= 15 is 0 Å². The molecule has 0 bridgehead atoms. The van der Waals surface area contributed by atoms with E-state index in [2.05, 4.69) is 44.3 Å². The molecule has 0 saturated heterocycles. The topological polar surface area (TPSA) is 9.23 Å². The van der Waals surface area contributed by atoms with E-state index in [1.165, 1.54) is 12.0 Å². The first-order valence-corrected chi connectivity index (χ1v) is 5.56. The summed E-state index contributed by atoms with van der Waals surface area (Å²) in [7, 11) is 4.02. The Morgan fingerprint density at radius 3 is 2.40 bits per heavy atom. The van der Waals surface area contributed by atoms with E-state index in [9.17, 15) is 0 Å². The van der Waals surface area contributed by atoms with Crippen LogP contribution < -0.4 is 0 Å². The second-order valence-electron chi connectivity index (χ2n) is 4.40. The van der Waals surface area contributed by atoms with Gasteiger partial charge in [-0.3, -0.25) is 4.48 Å². The number of hydrogen-bond donors (Lipinski definition) is 0. The largest absolute Gasteiger partial charge is 0.335 e. The quantitative estimate of drug-likeness (QED) is 0.516. The molecular weight excluding hydrogens is 186 g/mol. The summed E-state index contributed by atoms with van der Waals surface area (Å²) in [6, 6.07) is 10.6. The highest BCUT2D eigenvalue weighted by Gasteiger charge is 2.20. The molecular formula is C13H22NO+. The summed E-state index contributed by atoms with van der Waals surface area (Å²) in [6.45, 7) is 5.20. The van der Waals surface area contributed by atoms with Gasteiger partial charge in [0.25, 0.3) is 0 Å². The van der Waals surface area contributed by atoms with Crippen LogP contribution in [0.1, 0.15) is 18.9 Å². The molecule has 1 rings (SSSR count). The van der Waals surface area contributed by atoms with Crippen LogP contribution in [0.2, 0.25) is 0 Å². The molecule has 1 atom stereocenters. The van der Waals surface area contributed by atoms with Crippen molar-refractivity contribution in [3.8, 4) is 0 Å². The standard InChI is InChI=1S/C13H22NO/c1-4-10-14(2,12-15-3)11-13-8-6-5-7-9-13/h5-9H,4,10-12H2,1-3H3/q+1. The first-order valence-electron chi connectivity index (χ1n) is 5.56. The van der Waals surface area contributed by atoms with Gasteiger partial charge in [0, 0.05) is 12.7 Å². The number of rotatable bonds is 6. The third kappa shape index (κ3) is 4.02. The van der Waals surface area contributed by atoms with Crippen molar-refractivity contribution in [3.63, 3.8) is 0 Å². The van der Waals surface area contributed by atoms with Gasteiger partial charge in [0.15, 0.2) is 6.73 Å². The summed E-state index contributed by atoms with van der Waals surface area (Å²) in [5.74, 6) is 0. The minimum absolute atomic E-state index is 0.780. The summed E-state index contributed by atoms with van der Waals surface area (Å²) >= 11 is 0. The van der Waals surface area contributed by atoms with Gasteiger partial charge in [-0.05, 0) is 6.42 Å². The van der Waals surface area contributed by atoms with Gasteiger partial charge in [0.05, 0.1) is 13.6 Å². The molecule has 2 nitrogen and oxygen atoms in total. The van der Waals surface area contributed by atoms with Crippen LogP contribution in [0.25, 0.3) is 0 Å². The molecule has 0 saturated carbocycles. The van der Waals surface area contributed by atoms with E-state index in [-0.39, 0.29) is 0 Å². The molecule has 15 heavy (non-hydrogen) atoms. The molecule has 0 heterocycles. The Kier molecular flexibility index (Phi) is 4.79. The molecule has 0 radical (unpaired) electrons. The van der Waals surface area contributed by atoms with Crippen molar-refractivity contribution in [2.75, 3.05) is 27.4 Å². The smallest absolute Gasteiger partial charge is 0.182 e. The molecule has 0 aliphatic rings. The number of nitrogens with zero attached hydrogens (tertiary/aromatic N) is 1. The molecule has 84 valence electrons. The number of methoxy groups -OCH3 is 1. The Balaban J connectivity index is 2.66. The van der Waals surface area contributed by atoms with Crippen molar-refractivity contribution in [3.05, 3.63) is 35.9 Å². The van der Waals surface area contributed by atoms with Crippen LogP contribution in [0.5, 0.6) is 0 Å². The highest BCUT2D eigenvalue weighted by molar-refractivity contribution is 5.13. The van der Waals surface area contributed by atoms with Gasteiger partial charge in [-0.2, -0.15) is 0 Å². The second-order valence-corrected chi connectivity index (χ2v) is 4.40. The van der Waals surface area contributed by atoms with E-state index in [1.54, 1.807) is 7.11 Å². The van der Waals surface area contributed by atoms with E-state index in [0.29, 0.717) is 0 Å². The van der Waals surface area contributed by atoms with E-state index < -0.39 is 0 Å². The van der Waals surface area contributed by atoms with E-state index in [0.717, 1.165) is 24.3 Å². The summed E-state index contributed by atoms with van der Waals surface area (Å²) in [6.07, 6.45) is 1.19. The maximum atomic E-state index is 5.30. The van der Waals surface area contributed by atoms with Gasteiger partial charge in [-0.25, -0.2) is 0 Å². The molecule has 1 unspecified atom stereocenters. The van der Waals surface area contributed by atoms with Crippen LogP contribution in [0.15, 0.2) is 30.3 Å². The van der Waals surface area contributed by atoms with Crippen LogP contribution in [-0.4, -0.2) is 31.9 Å². The lowest BCUT2D eigenvalue weighted by atomic mass is 10.2. The number of hydrogen-bond acceptors (Lipinski definition) is 1. The van der Waals surface area contributed by atoms with Crippen LogP contribution in [0.4, 0.5) is 0 Å². The Hall–Kier alpha value is -0.860. The number of benzene rings is 1. The second kappa shape index (κ2) is 5.89. The molecule has 0 amide bonds. The maximum Gasteiger partial charge on any atom is 0.182 e. The monoisotopic (exact) mass is 208 g/mol. The van der Waals surface area contributed by atoms with Gasteiger partial charge in [-0.15, -0.1) is 0 Å². The fourth-order valence-corrected chi connectivity index (χ4v) is 2.06. The fourth-order valence-electron chi connectivity index (χ4n) is 2.06.